The third kappa shape index (κ3) is 0.976. The Balaban J connectivity index is 2.27. The number of amidine groups is 1. The van der Waals surface area contributed by atoms with Gasteiger partial charge in [-0.3, -0.25) is 0 Å². The van der Waals surface area contributed by atoms with Crippen molar-refractivity contribution >= 4 is 6.02 Å². The molecule has 0 aromatic carbocycles. The number of nitrogens with two attached hydrogens (primary N) is 1. The summed E-state index contributed by atoms with van der Waals surface area (Å²) < 4.78 is 10.4. The standard InChI is InChI=1S/C7H12N2O2/c1-7-4-10-2-5(7)3-11-6(8)9-7/h5H,2-4H2,1H3,(H2,8,9). The molecule has 4 nitrogen and oxygen atoms in total. The third-order valence-corrected chi connectivity index (χ3v) is 2.39. The second-order valence-electron chi connectivity index (χ2n) is 3.33. The van der Waals surface area contributed by atoms with Crippen molar-refractivity contribution in [1.29, 1.82) is 0 Å². The van der Waals surface area contributed by atoms with Crippen LogP contribution >= 0.6 is 0 Å². The van der Waals surface area contributed by atoms with Crippen LogP contribution in [0.25, 0.3) is 0 Å². The van der Waals surface area contributed by atoms with Crippen molar-refractivity contribution in [2.45, 2.75) is 12.5 Å². The van der Waals surface area contributed by atoms with Crippen molar-refractivity contribution < 1.29 is 9.47 Å². The minimum atomic E-state index is -0.123. The Morgan fingerprint density at radius 3 is 3.27 bits per heavy atom. The molecule has 11 heavy (non-hydrogen) atoms. The van der Waals surface area contributed by atoms with Gasteiger partial charge in [-0.2, -0.15) is 0 Å². The average molecular weight is 156 g/mol. The molecule has 0 bridgehead atoms. The van der Waals surface area contributed by atoms with Crippen LogP contribution in [0.2, 0.25) is 0 Å². The first-order chi connectivity index (χ1) is 5.21. The van der Waals surface area contributed by atoms with Gasteiger partial charge in [-0.15, -0.1) is 0 Å². The van der Waals surface area contributed by atoms with E-state index in [4.69, 9.17) is 15.2 Å². The van der Waals surface area contributed by atoms with E-state index in [-0.39, 0.29) is 5.54 Å². The van der Waals surface area contributed by atoms with E-state index in [1.165, 1.54) is 0 Å². The molecule has 2 aliphatic rings. The van der Waals surface area contributed by atoms with Crippen LogP contribution in [0, 0.1) is 5.92 Å². The molecule has 0 radical (unpaired) electrons. The topological polar surface area (TPSA) is 56.8 Å². The van der Waals surface area contributed by atoms with Gasteiger partial charge in [0, 0.05) is 5.92 Å². The summed E-state index contributed by atoms with van der Waals surface area (Å²) in [6, 6.07) is 0.300. The van der Waals surface area contributed by atoms with Gasteiger partial charge in [0.2, 0.25) is 0 Å². The van der Waals surface area contributed by atoms with E-state index in [0.29, 0.717) is 25.2 Å². The highest BCUT2D eigenvalue weighted by atomic mass is 16.5. The highest BCUT2D eigenvalue weighted by Crippen LogP contribution is 2.31. The lowest BCUT2D eigenvalue weighted by molar-refractivity contribution is 0.158. The third-order valence-electron chi connectivity index (χ3n) is 2.39. The summed E-state index contributed by atoms with van der Waals surface area (Å²) in [4.78, 5) is 4.22. The smallest absolute Gasteiger partial charge is 0.282 e. The minimum absolute atomic E-state index is 0.123. The first-order valence-corrected chi connectivity index (χ1v) is 3.76. The molecule has 62 valence electrons. The van der Waals surface area contributed by atoms with Gasteiger partial charge in [0.15, 0.2) is 0 Å². The summed E-state index contributed by atoms with van der Waals surface area (Å²) in [7, 11) is 0. The van der Waals surface area contributed by atoms with Crippen molar-refractivity contribution in [3.8, 4) is 0 Å². The van der Waals surface area contributed by atoms with Crippen LogP contribution in [-0.2, 0) is 9.47 Å². The lowest BCUT2D eigenvalue weighted by Gasteiger charge is -2.29. The molecule has 2 rings (SSSR count). The molecule has 0 aromatic heterocycles. The summed E-state index contributed by atoms with van der Waals surface area (Å²) in [6.07, 6.45) is 0. The van der Waals surface area contributed by atoms with Crippen LogP contribution < -0.4 is 5.73 Å². The monoisotopic (exact) mass is 156 g/mol. The Kier molecular flexibility index (Phi) is 1.32. The van der Waals surface area contributed by atoms with E-state index in [9.17, 15) is 0 Å². The molecule has 0 spiro atoms. The van der Waals surface area contributed by atoms with E-state index in [0.717, 1.165) is 6.61 Å². The fraction of sp³-hybridized carbons (Fsp3) is 0.857. The summed E-state index contributed by atoms with van der Waals surface area (Å²) in [5.41, 5.74) is 5.33. The van der Waals surface area contributed by atoms with Crippen molar-refractivity contribution in [3.05, 3.63) is 0 Å². The molecule has 0 aromatic rings. The lowest BCUT2D eigenvalue weighted by atomic mass is 9.90. The van der Waals surface area contributed by atoms with Gasteiger partial charge >= 0.3 is 0 Å². The molecule has 0 saturated carbocycles. The van der Waals surface area contributed by atoms with E-state index in [1.54, 1.807) is 0 Å². The molecular weight excluding hydrogens is 144 g/mol. The molecule has 0 aliphatic carbocycles. The first kappa shape index (κ1) is 6.91. The molecule has 1 saturated heterocycles. The van der Waals surface area contributed by atoms with Crippen molar-refractivity contribution in [2.24, 2.45) is 16.6 Å². The Labute approximate surface area is 65.4 Å². The van der Waals surface area contributed by atoms with Gasteiger partial charge in [-0.1, -0.05) is 0 Å². The van der Waals surface area contributed by atoms with Crippen molar-refractivity contribution in [1.82, 2.24) is 0 Å². The predicted molar refractivity (Wildman–Crippen MR) is 40.3 cm³/mol. The SMILES string of the molecule is CC12COCC1COC(N)=N2. The summed E-state index contributed by atoms with van der Waals surface area (Å²) in [5.74, 6) is 0.384. The van der Waals surface area contributed by atoms with Crippen molar-refractivity contribution in [2.75, 3.05) is 19.8 Å². The second-order valence-corrected chi connectivity index (χ2v) is 3.33. The maximum absolute atomic E-state index is 5.45. The molecule has 2 aliphatic heterocycles. The Morgan fingerprint density at radius 1 is 1.64 bits per heavy atom. The number of nitrogens with zero attached hydrogens (tertiary/aromatic N) is 1. The van der Waals surface area contributed by atoms with Crippen LogP contribution in [0.1, 0.15) is 6.92 Å². The number of hydrogen-bond acceptors (Lipinski definition) is 4. The van der Waals surface area contributed by atoms with Gasteiger partial charge in [-0.05, 0) is 6.92 Å². The molecule has 4 heteroatoms. The van der Waals surface area contributed by atoms with E-state index in [2.05, 4.69) is 11.9 Å². The zero-order chi connectivity index (χ0) is 7.90. The van der Waals surface area contributed by atoms with Gasteiger partial charge in [0.1, 0.15) is 0 Å². The van der Waals surface area contributed by atoms with Crippen LogP contribution in [0.3, 0.4) is 0 Å². The molecule has 1 fully saturated rings. The highest BCUT2D eigenvalue weighted by molar-refractivity contribution is 5.72. The number of aliphatic imine (C=N–C) groups is 1. The molecule has 0 amide bonds. The van der Waals surface area contributed by atoms with E-state index >= 15 is 0 Å². The Hall–Kier alpha value is -0.770. The maximum atomic E-state index is 5.45. The minimum Gasteiger partial charge on any atom is -0.465 e. The summed E-state index contributed by atoms with van der Waals surface area (Å²) in [5, 5.41) is 0. The Morgan fingerprint density at radius 2 is 2.45 bits per heavy atom. The van der Waals surface area contributed by atoms with E-state index < -0.39 is 0 Å². The molecule has 2 atom stereocenters. The van der Waals surface area contributed by atoms with Crippen molar-refractivity contribution in [3.63, 3.8) is 0 Å². The normalized spacial score (nSPS) is 42.6. The van der Waals surface area contributed by atoms with Gasteiger partial charge in [-0.25, -0.2) is 4.99 Å². The van der Waals surface area contributed by atoms with E-state index in [1.807, 2.05) is 0 Å². The molecule has 2 unspecified atom stereocenters. The quantitative estimate of drug-likeness (QED) is 0.525. The van der Waals surface area contributed by atoms with Gasteiger partial charge in [0.05, 0.1) is 25.4 Å². The van der Waals surface area contributed by atoms with Gasteiger partial charge in [0.25, 0.3) is 6.02 Å². The number of hydrogen-bond donors (Lipinski definition) is 1. The fourth-order valence-electron chi connectivity index (χ4n) is 1.53. The largest absolute Gasteiger partial charge is 0.465 e. The maximum Gasteiger partial charge on any atom is 0.282 e. The lowest BCUT2D eigenvalue weighted by Crippen LogP contribution is -2.42. The highest BCUT2D eigenvalue weighted by Gasteiger charge is 2.43. The van der Waals surface area contributed by atoms with Crippen LogP contribution in [-0.4, -0.2) is 31.4 Å². The number of fused-ring (bicyclic) bond motifs is 1. The zero-order valence-electron chi connectivity index (χ0n) is 6.54. The number of ether oxygens (including phenoxy) is 2. The van der Waals surface area contributed by atoms with Crippen LogP contribution in [0.5, 0.6) is 0 Å². The first-order valence-electron chi connectivity index (χ1n) is 3.76. The average Bonchev–Trinajstić information content (AvgIpc) is 2.28. The predicted octanol–water partition coefficient (Wildman–Crippen LogP) is -0.264. The summed E-state index contributed by atoms with van der Waals surface area (Å²) in [6.45, 7) is 4.11. The van der Waals surface area contributed by atoms with Crippen LogP contribution in [0.15, 0.2) is 4.99 Å². The molecule has 2 N–H and O–H groups in total. The van der Waals surface area contributed by atoms with Gasteiger partial charge < -0.3 is 15.2 Å². The second kappa shape index (κ2) is 2.11. The molecule has 2 heterocycles. The van der Waals surface area contributed by atoms with Crippen LogP contribution in [0.4, 0.5) is 0 Å². The molecular formula is C7H12N2O2. The zero-order valence-corrected chi connectivity index (χ0v) is 6.54. The summed E-state index contributed by atoms with van der Waals surface area (Å²) >= 11 is 0. The Bertz CT molecular complexity index is 205. The fourth-order valence-corrected chi connectivity index (χ4v) is 1.53. The number of rotatable bonds is 0.